The number of aliphatic hydroxyl groups is 1. The molecule has 0 spiro atoms. The lowest BCUT2D eigenvalue weighted by Crippen LogP contribution is -2.07. The van der Waals surface area contributed by atoms with E-state index < -0.39 is 6.10 Å². The van der Waals surface area contributed by atoms with Gasteiger partial charge in [-0.3, -0.25) is 4.68 Å². The van der Waals surface area contributed by atoms with Gasteiger partial charge < -0.3 is 9.84 Å². The number of methoxy groups -OCH3 is 1. The molecule has 0 bridgehead atoms. The topological polar surface area (TPSA) is 47.3 Å². The van der Waals surface area contributed by atoms with E-state index in [2.05, 4.69) is 18.9 Å². The van der Waals surface area contributed by atoms with Crippen LogP contribution in [-0.4, -0.2) is 22.0 Å². The van der Waals surface area contributed by atoms with Crippen LogP contribution in [0.25, 0.3) is 0 Å². The standard InChI is InChI=1S/C16H21ClN2O2/c1-4-11(2)19-8-7-13(18-19)10-15(20)14-9-12(17)5-6-16(14)21-3/h5-9,11,15,20H,4,10H2,1-3H3. The van der Waals surface area contributed by atoms with Gasteiger partial charge in [0.05, 0.1) is 18.9 Å². The summed E-state index contributed by atoms with van der Waals surface area (Å²) in [6.45, 7) is 4.24. The van der Waals surface area contributed by atoms with E-state index in [1.807, 2.05) is 16.9 Å². The first kappa shape index (κ1) is 15.9. The Morgan fingerprint density at radius 3 is 2.81 bits per heavy atom. The molecule has 1 aromatic heterocycles. The van der Waals surface area contributed by atoms with Crippen LogP contribution in [0.1, 0.15) is 43.7 Å². The second-order valence-corrected chi connectivity index (χ2v) is 5.59. The first-order chi connectivity index (χ1) is 10.0. The Kier molecular flexibility index (Phi) is 5.26. The van der Waals surface area contributed by atoms with Crippen molar-refractivity contribution in [2.45, 2.75) is 38.8 Å². The van der Waals surface area contributed by atoms with Crippen molar-refractivity contribution in [2.75, 3.05) is 7.11 Å². The van der Waals surface area contributed by atoms with Crippen molar-refractivity contribution < 1.29 is 9.84 Å². The van der Waals surface area contributed by atoms with Gasteiger partial charge in [-0.05, 0) is 37.6 Å². The molecule has 0 fully saturated rings. The molecule has 2 aromatic rings. The molecule has 21 heavy (non-hydrogen) atoms. The molecule has 0 saturated heterocycles. The highest BCUT2D eigenvalue weighted by Gasteiger charge is 2.16. The molecule has 0 aliphatic heterocycles. The van der Waals surface area contributed by atoms with E-state index in [4.69, 9.17) is 16.3 Å². The number of halogens is 1. The number of hydrogen-bond donors (Lipinski definition) is 1. The lowest BCUT2D eigenvalue weighted by Gasteiger charge is -2.14. The minimum Gasteiger partial charge on any atom is -0.496 e. The van der Waals surface area contributed by atoms with Crippen molar-refractivity contribution in [3.05, 3.63) is 46.7 Å². The van der Waals surface area contributed by atoms with Gasteiger partial charge in [-0.1, -0.05) is 18.5 Å². The summed E-state index contributed by atoms with van der Waals surface area (Å²) in [4.78, 5) is 0. The monoisotopic (exact) mass is 308 g/mol. The highest BCUT2D eigenvalue weighted by atomic mass is 35.5. The second-order valence-electron chi connectivity index (χ2n) is 5.15. The van der Waals surface area contributed by atoms with E-state index >= 15 is 0 Å². The zero-order chi connectivity index (χ0) is 15.4. The molecule has 114 valence electrons. The molecule has 0 radical (unpaired) electrons. The maximum atomic E-state index is 10.4. The predicted octanol–water partition coefficient (Wildman–Crippen LogP) is 3.79. The van der Waals surface area contributed by atoms with Crippen LogP contribution in [0.5, 0.6) is 5.75 Å². The van der Waals surface area contributed by atoms with Gasteiger partial charge in [0.2, 0.25) is 0 Å². The van der Waals surface area contributed by atoms with E-state index in [9.17, 15) is 5.11 Å². The van der Waals surface area contributed by atoms with Gasteiger partial charge >= 0.3 is 0 Å². The van der Waals surface area contributed by atoms with Crippen molar-refractivity contribution in [2.24, 2.45) is 0 Å². The molecular weight excluding hydrogens is 288 g/mol. The third-order valence-corrected chi connectivity index (χ3v) is 3.89. The van der Waals surface area contributed by atoms with Crippen LogP contribution >= 0.6 is 11.6 Å². The van der Waals surface area contributed by atoms with Gasteiger partial charge in [0.15, 0.2) is 0 Å². The predicted molar refractivity (Wildman–Crippen MR) is 83.9 cm³/mol. The van der Waals surface area contributed by atoms with Crippen molar-refractivity contribution >= 4 is 11.6 Å². The second kappa shape index (κ2) is 6.96. The Morgan fingerprint density at radius 1 is 1.38 bits per heavy atom. The minimum atomic E-state index is -0.695. The summed E-state index contributed by atoms with van der Waals surface area (Å²) in [5.74, 6) is 0.633. The normalized spacial score (nSPS) is 14.0. The largest absolute Gasteiger partial charge is 0.496 e. The summed E-state index contributed by atoms with van der Waals surface area (Å²) in [6.07, 6.45) is 2.70. The molecule has 2 rings (SSSR count). The highest BCUT2D eigenvalue weighted by Crippen LogP contribution is 2.30. The Balaban J connectivity index is 2.16. The molecule has 0 aliphatic carbocycles. The summed E-state index contributed by atoms with van der Waals surface area (Å²) in [7, 11) is 1.58. The number of ether oxygens (including phenoxy) is 1. The Morgan fingerprint density at radius 2 is 2.14 bits per heavy atom. The van der Waals surface area contributed by atoms with Gasteiger partial charge in [-0.2, -0.15) is 5.10 Å². The highest BCUT2D eigenvalue weighted by molar-refractivity contribution is 6.30. The van der Waals surface area contributed by atoms with Crippen LogP contribution in [0.15, 0.2) is 30.5 Å². The first-order valence-corrected chi connectivity index (χ1v) is 7.48. The van der Waals surface area contributed by atoms with Crippen molar-refractivity contribution in [1.82, 2.24) is 9.78 Å². The number of hydrogen-bond acceptors (Lipinski definition) is 3. The van der Waals surface area contributed by atoms with Gasteiger partial charge in [-0.15, -0.1) is 0 Å². The fourth-order valence-corrected chi connectivity index (χ4v) is 2.37. The minimum absolute atomic E-state index is 0.358. The van der Waals surface area contributed by atoms with Crippen molar-refractivity contribution in [1.29, 1.82) is 0 Å². The van der Waals surface area contributed by atoms with E-state index in [0.29, 0.717) is 28.8 Å². The fourth-order valence-electron chi connectivity index (χ4n) is 2.19. The van der Waals surface area contributed by atoms with Gasteiger partial charge in [0.25, 0.3) is 0 Å². The quantitative estimate of drug-likeness (QED) is 0.883. The molecule has 2 unspecified atom stereocenters. The lowest BCUT2D eigenvalue weighted by atomic mass is 10.0. The third kappa shape index (κ3) is 3.77. The van der Waals surface area contributed by atoms with Crippen molar-refractivity contribution in [3.63, 3.8) is 0 Å². The average Bonchev–Trinajstić information content (AvgIpc) is 2.94. The summed E-state index contributed by atoms with van der Waals surface area (Å²) in [6, 6.07) is 7.53. The summed E-state index contributed by atoms with van der Waals surface area (Å²) in [5.41, 5.74) is 1.54. The molecule has 4 nitrogen and oxygen atoms in total. The molecular formula is C16H21ClN2O2. The first-order valence-electron chi connectivity index (χ1n) is 7.10. The average molecular weight is 309 g/mol. The zero-order valence-corrected chi connectivity index (χ0v) is 13.3. The smallest absolute Gasteiger partial charge is 0.124 e. The van der Waals surface area contributed by atoms with E-state index in [1.54, 1.807) is 25.3 Å². The fraction of sp³-hybridized carbons (Fsp3) is 0.438. The summed E-state index contributed by atoms with van der Waals surface area (Å²) < 4.78 is 7.20. The van der Waals surface area contributed by atoms with E-state index in [1.165, 1.54) is 0 Å². The molecule has 5 heteroatoms. The zero-order valence-electron chi connectivity index (χ0n) is 12.6. The Hall–Kier alpha value is -1.52. The van der Waals surface area contributed by atoms with Crippen molar-refractivity contribution in [3.8, 4) is 5.75 Å². The maximum absolute atomic E-state index is 10.4. The third-order valence-electron chi connectivity index (χ3n) is 3.66. The number of aromatic nitrogens is 2. The molecule has 1 N–H and O–H groups in total. The summed E-state index contributed by atoms with van der Waals surface area (Å²) >= 11 is 6.00. The number of aliphatic hydroxyl groups excluding tert-OH is 1. The summed E-state index contributed by atoms with van der Waals surface area (Å²) in [5, 5.41) is 15.5. The van der Waals surface area contributed by atoms with Crippen LogP contribution in [0.4, 0.5) is 0 Å². The Labute approximate surface area is 130 Å². The van der Waals surface area contributed by atoms with Crippen LogP contribution in [0.2, 0.25) is 5.02 Å². The van der Waals surface area contributed by atoms with E-state index in [0.717, 1.165) is 12.1 Å². The molecule has 0 aliphatic rings. The van der Waals surface area contributed by atoms with Crippen LogP contribution in [0, 0.1) is 0 Å². The van der Waals surface area contributed by atoms with Gasteiger partial charge in [0.1, 0.15) is 5.75 Å². The van der Waals surface area contributed by atoms with Crippen LogP contribution in [0.3, 0.4) is 0 Å². The number of nitrogens with zero attached hydrogens (tertiary/aromatic N) is 2. The van der Waals surface area contributed by atoms with Gasteiger partial charge in [0, 0.05) is 29.2 Å². The van der Waals surface area contributed by atoms with Crippen LogP contribution < -0.4 is 4.74 Å². The molecule has 1 aromatic carbocycles. The molecule has 1 heterocycles. The molecule has 0 amide bonds. The number of benzene rings is 1. The molecule has 0 saturated carbocycles. The Bertz CT molecular complexity index is 598. The molecule has 2 atom stereocenters. The maximum Gasteiger partial charge on any atom is 0.124 e. The van der Waals surface area contributed by atoms with Crippen LogP contribution in [-0.2, 0) is 6.42 Å². The lowest BCUT2D eigenvalue weighted by molar-refractivity contribution is 0.172. The SMILES string of the molecule is CCC(C)n1ccc(CC(O)c2cc(Cl)ccc2OC)n1. The van der Waals surface area contributed by atoms with Gasteiger partial charge in [-0.25, -0.2) is 0 Å². The van der Waals surface area contributed by atoms with E-state index in [-0.39, 0.29) is 0 Å². The number of rotatable bonds is 6.